The summed E-state index contributed by atoms with van der Waals surface area (Å²) in [6, 6.07) is 9.75. The Kier molecular flexibility index (Phi) is 10.6. The third-order valence-electron chi connectivity index (χ3n) is 4.11. The second-order valence-electron chi connectivity index (χ2n) is 6.33. The van der Waals surface area contributed by atoms with Gasteiger partial charge in [0.1, 0.15) is 19.2 Å². The van der Waals surface area contributed by atoms with Gasteiger partial charge in [-0.2, -0.15) is 4.58 Å². The zero-order valence-electron chi connectivity index (χ0n) is 16.7. The third-order valence-corrected chi connectivity index (χ3v) is 4.11. The zero-order chi connectivity index (χ0) is 20.1. The first kappa shape index (κ1) is 22.5. The van der Waals surface area contributed by atoms with Gasteiger partial charge in [0.05, 0.1) is 0 Å². The van der Waals surface area contributed by atoms with Crippen LogP contribution in [0.5, 0.6) is 0 Å². The van der Waals surface area contributed by atoms with Gasteiger partial charge >= 0.3 is 5.91 Å². The number of benzene rings is 1. The molecule has 0 aliphatic carbocycles. The Balaban J connectivity index is 3.12. The second-order valence-corrected chi connectivity index (χ2v) is 6.33. The number of hydrogen-bond acceptors (Lipinski definition) is 3. The lowest BCUT2D eigenvalue weighted by molar-refractivity contribution is -0.484. The molecule has 27 heavy (non-hydrogen) atoms. The molecule has 1 amide bonds. The third kappa shape index (κ3) is 7.69. The van der Waals surface area contributed by atoms with E-state index in [0.717, 1.165) is 31.2 Å². The molecule has 0 fully saturated rings. The Labute approximate surface area is 163 Å². The number of rotatable bonds is 13. The molecule has 0 heterocycles. The summed E-state index contributed by atoms with van der Waals surface area (Å²) in [5.41, 5.74) is 1.01. The maximum atomic E-state index is 13.2. The quantitative estimate of drug-likeness (QED) is 0.134. The molecule has 5 nitrogen and oxygen atoms in total. The molecule has 0 saturated heterocycles. The summed E-state index contributed by atoms with van der Waals surface area (Å²) in [7, 11) is 0. The number of hydrogen-bond donors (Lipinski definition) is 0. The fourth-order valence-electron chi connectivity index (χ4n) is 2.64. The summed E-state index contributed by atoms with van der Waals surface area (Å²) < 4.78 is 6.61. The van der Waals surface area contributed by atoms with Crippen LogP contribution < -0.4 is 5.11 Å². The van der Waals surface area contributed by atoms with Crippen LogP contribution in [0.1, 0.15) is 45.1 Å². The predicted octanol–water partition coefficient (Wildman–Crippen LogP) is 3.06. The van der Waals surface area contributed by atoms with Crippen LogP contribution in [-0.2, 0) is 16.1 Å². The van der Waals surface area contributed by atoms with Gasteiger partial charge < -0.3 is 14.7 Å². The van der Waals surface area contributed by atoms with Crippen LogP contribution in [0, 0.1) is 0 Å². The summed E-state index contributed by atoms with van der Waals surface area (Å²) in [6.07, 6.45) is 5.20. The molecular formula is C22H32N2O3. The minimum Gasteiger partial charge on any atom is -0.609 e. The molecule has 0 spiro atoms. The lowest BCUT2D eigenvalue weighted by Crippen LogP contribution is -2.38. The van der Waals surface area contributed by atoms with Crippen LogP contribution >= 0.6 is 0 Å². The van der Waals surface area contributed by atoms with E-state index in [1.807, 2.05) is 36.4 Å². The molecule has 0 saturated carbocycles. The minimum atomic E-state index is -0.615. The van der Waals surface area contributed by atoms with Gasteiger partial charge in [-0.1, -0.05) is 56.7 Å². The smallest absolute Gasteiger partial charge is 0.320 e. The first-order valence-electron chi connectivity index (χ1n) is 9.61. The van der Waals surface area contributed by atoms with E-state index in [-0.39, 0.29) is 18.2 Å². The first-order valence-corrected chi connectivity index (χ1v) is 9.61. The van der Waals surface area contributed by atoms with E-state index in [4.69, 9.17) is 4.74 Å². The summed E-state index contributed by atoms with van der Waals surface area (Å²) in [5.74, 6) is -0.956. The van der Waals surface area contributed by atoms with Crippen molar-refractivity contribution in [1.29, 1.82) is 0 Å². The summed E-state index contributed by atoms with van der Waals surface area (Å²) >= 11 is 0. The monoisotopic (exact) mass is 372 g/mol. The van der Waals surface area contributed by atoms with Gasteiger partial charge in [0.15, 0.2) is 0 Å². The van der Waals surface area contributed by atoms with E-state index < -0.39 is 5.95 Å². The number of carbonyl (C=O) groups excluding carboxylic acids is 1. The van der Waals surface area contributed by atoms with Crippen LogP contribution in [0.15, 0.2) is 54.6 Å². The number of amides is 1. The molecule has 0 aromatic heterocycles. The van der Waals surface area contributed by atoms with Crippen molar-refractivity contribution in [3.63, 3.8) is 0 Å². The highest BCUT2D eigenvalue weighted by Gasteiger charge is 2.28. The lowest BCUT2D eigenvalue weighted by atomic mass is 10.2. The Hall–Kier alpha value is -2.56. The van der Waals surface area contributed by atoms with E-state index in [1.165, 1.54) is 4.58 Å². The van der Waals surface area contributed by atoms with E-state index in [9.17, 15) is 9.90 Å². The van der Waals surface area contributed by atoms with Crippen molar-refractivity contribution in [1.82, 2.24) is 4.90 Å². The number of ether oxygens (including phenoxy) is 1. The Morgan fingerprint density at radius 1 is 1.26 bits per heavy atom. The van der Waals surface area contributed by atoms with Gasteiger partial charge in [0.2, 0.25) is 0 Å². The average Bonchev–Trinajstić information content (AvgIpc) is 2.66. The number of carbonyl (C=O) groups is 1. The molecule has 0 atom stereocenters. The number of unbranched alkanes of at least 4 members (excludes halogenated alkanes) is 2. The maximum absolute atomic E-state index is 13.2. The predicted molar refractivity (Wildman–Crippen MR) is 107 cm³/mol. The van der Waals surface area contributed by atoms with E-state index in [1.54, 1.807) is 11.8 Å². The fraction of sp³-hybridized carbons (Fsp3) is 0.455. The molecule has 0 bridgehead atoms. The van der Waals surface area contributed by atoms with Crippen molar-refractivity contribution in [3.05, 3.63) is 60.2 Å². The van der Waals surface area contributed by atoms with Crippen LogP contribution in [0.4, 0.5) is 0 Å². The van der Waals surface area contributed by atoms with Gasteiger partial charge in [-0.05, 0) is 25.0 Å². The zero-order valence-corrected chi connectivity index (χ0v) is 16.7. The van der Waals surface area contributed by atoms with Gasteiger partial charge in [-0.3, -0.25) is 4.79 Å². The molecule has 148 valence electrons. The number of allylic oxidation sites excluding steroid dienone is 1. The van der Waals surface area contributed by atoms with Crippen molar-refractivity contribution in [2.24, 2.45) is 0 Å². The molecule has 5 heteroatoms. The highest BCUT2D eigenvalue weighted by molar-refractivity contribution is 5.91. The van der Waals surface area contributed by atoms with Gasteiger partial charge in [0.25, 0.3) is 5.70 Å². The summed E-state index contributed by atoms with van der Waals surface area (Å²) in [4.78, 5) is 14.9. The van der Waals surface area contributed by atoms with Crippen LogP contribution in [0.3, 0.4) is 0 Å². The largest absolute Gasteiger partial charge is 0.609 e. The normalized spacial score (nSPS) is 11.5. The molecule has 1 aromatic carbocycles. The van der Waals surface area contributed by atoms with Crippen molar-refractivity contribution in [3.8, 4) is 0 Å². The molecule has 0 aliphatic rings. The molecule has 1 aromatic rings. The van der Waals surface area contributed by atoms with Crippen molar-refractivity contribution < 1.29 is 19.2 Å². The molecule has 0 aliphatic heterocycles. The van der Waals surface area contributed by atoms with Crippen LogP contribution in [0.2, 0.25) is 0 Å². The van der Waals surface area contributed by atoms with E-state index in [0.29, 0.717) is 19.6 Å². The molecule has 0 N–H and O–H groups in total. The van der Waals surface area contributed by atoms with Gasteiger partial charge in [-0.15, -0.1) is 6.58 Å². The van der Waals surface area contributed by atoms with E-state index >= 15 is 0 Å². The van der Waals surface area contributed by atoms with Crippen molar-refractivity contribution in [2.75, 3.05) is 19.7 Å². The summed E-state index contributed by atoms with van der Waals surface area (Å²) in [6.45, 7) is 13.1. The minimum absolute atomic E-state index is 0.000154. The van der Waals surface area contributed by atoms with Gasteiger partial charge in [0, 0.05) is 19.5 Å². The maximum Gasteiger partial charge on any atom is 0.320 e. The lowest BCUT2D eigenvalue weighted by Gasteiger charge is -2.24. The Bertz CT molecular complexity index is 638. The average molecular weight is 373 g/mol. The standard InChI is InChI=1S/C22H32N2O3/c1-5-8-13-17-24(18-19-14-11-10-12-15-19)21(25)20(22(26)27-7-3)23(4)16-9-6-2/h5,10-12,14-15H,1,4,6-9,13,16-18H2,2-3H3. The van der Waals surface area contributed by atoms with Crippen LogP contribution in [-0.4, -0.2) is 41.8 Å². The molecule has 0 radical (unpaired) electrons. The first-order chi connectivity index (χ1) is 13.0. The highest BCUT2D eigenvalue weighted by atomic mass is 16.6. The molecular weight excluding hydrogens is 340 g/mol. The second kappa shape index (κ2) is 12.7. The fourth-order valence-corrected chi connectivity index (χ4v) is 2.64. The topological polar surface area (TPSA) is 55.6 Å². The number of nitrogens with zero attached hydrogens (tertiary/aromatic N) is 2. The SMILES string of the molecule is C=CCCCN(Cc1ccccc1)C(=O)/C(=C(\[O-])OCC)[N+](=C)CCCC. The van der Waals surface area contributed by atoms with Gasteiger partial charge in [-0.25, -0.2) is 0 Å². The van der Waals surface area contributed by atoms with Crippen LogP contribution in [0.25, 0.3) is 0 Å². The highest BCUT2D eigenvalue weighted by Crippen LogP contribution is 2.14. The molecule has 1 rings (SSSR count). The summed E-state index contributed by atoms with van der Waals surface area (Å²) in [5, 5.41) is 12.5. The van der Waals surface area contributed by atoms with E-state index in [2.05, 4.69) is 20.2 Å². The van der Waals surface area contributed by atoms with Crippen molar-refractivity contribution >= 4 is 12.6 Å². The Morgan fingerprint density at radius 2 is 1.96 bits per heavy atom. The molecule has 0 unspecified atom stereocenters. The van der Waals surface area contributed by atoms with Crippen molar-refractivity contribution in [2.45, 2.75) is 46.1 Å². The Morgan fingerprint density at radius 3 is 2.56 bits per heavy atom.